The molecule has 4 heteroatoms. The van der Waals surface area contributed by atoms with E-state index in [-0.39, 0.29) is 5.92 Å². The molecule has 1 N–H and O–H groups in total. The minimum absolute atomic E-state index is 0.116. The third kappa shape index (κ3) is 2.23. The number of hydrogen-bond acceptors (Lipinski definition) is 3. The predicted molar refractivity (Wildman–Crippen MR) is 55.6 cm³/mol. The molecule has 0 bridgehead atoms. The molecular weight excluding hydrogens is 200 g/mol. The monoisotopic (exact) mass is 216 g/mol. The van der Waals surface area contributed by atoms with E-state index >= 15 is 0 Å². The van der Waals surface area contributed by atoms with Crippen molar-refractivity contribution < 1.29 is 14.6 Å². The third-order valence-corrected chi connectivity index (χ3v) is 4.57. The number of rotatable bonds is 3. The summed E-state index contributed by atoms with van der Waals surface area (Å²) in [4.78, 5) is 11.0. The van der Waals surface area contributed by atoms with Gasteiger partial charge in [-0.25, -0.2) is 0 Å². The van der Waals surface area contributed by atoms with E-state index in [0.29, 0.717) is 10.5 Å². The average molecular weight is 216 g/mol. The Morgan fingerprint density at radius 3 is 2.57 bits per heavy atom. The molecule has 0 aromatic carbocycles. The number of carbonyl (C=O) groups is 1. The first kappa shape index (κ1) is 10.3. The highest BCUT2D eigenvalue weighted by Crippen LogP contribution is 2.37. The van der Waals surface area contributed by atoms with Crippen molar-refractivity contribution in [1.82, 2.24) is 0 Å². The Bertz CT molecular complexity index is 215. The number of carboxylic acids is 1. The molecule has 1 aliphatic heterocycles. The van der Waals surface area contributed by atoms with E-state index in [1.807, 2.05) is 11.8 Å². The predicted octanol–water partition coefficient (Wildman–Crippen LogP) is 1.76. The summed E-state index contributed by atoms with van der Waals surface area (Å²) in [5, 5.41) is 9.95. The standard InChI is InChI=1S/C10H16O3S/c11-10(12)8-3-1-2-4-9(8)14-7-5-13-6-7/h7-9H,1-6H2,(H,11,12). The highest BCUT2D eigenvalue weighted by molar-refractivity contribution is 8.00. The Hall–Kier alpha value is -0.220. The first-order valence-electron chi connectivity index (χ1n) is 5.23. The fraction of sp³-hybridized carbons (Fsp3) is 0.900. The van der Waals surface area contributed by atoms with Crippen LogP contribution in [0.4, 0.5) is 0 Å². The van der Waals surface area contributed by atoms with Crippen molar-refractivity contribution >= 4 is 17.7 Å². The van der Waals surface area contributed by atoms with Crippen LogP contribution in [0.15, 0.2) is 0 Å². The zero-order valence-electron chi connectivity index (χ0n) is 8.15. The van der Waals surface area contributed by atoms with Crippen LogP contribution in [0.2, 0.25) is 0 Å². The molecule has 0 spiro atoms. The summed E-state index contributed by atoms with van der Waals surface area (Å²) in [5.74, 6) is -0.725. The first-order chi connectivity index (χ1) is 6.77. The van der Waals surface area contributed by atoms with Crippen molar-refractivity contribution in [2.24, 2.45) is 5.92 Å². The van der Waals surface area contributed by atoms with Crippen LogP contribution >= 0.6 is 11.8 Å². The molecule has 1 heterocycles. The smallest absolute Gasteiger partial charge is 0.307 e. The van der Waals surface area contributed by atoms with Crippen molar-refractivity contribution in [2.45, 2.75) is 36.2 Å². The zero-order valence-corrected chi connectivity index (χ0v) is 8.96. The summed E-state index contributed by atoms with van der Waals surface area (Å²) in [6.45, 7) is 1.63. The average Bonchev–Trinajstić information content (AvgIpc) is 2.12. The number of ether oxygens (including phenoxy) is 1. The molecule has 3 nitrogen and oxygen atoms in total. The highest BCUT2D eigenvalue weighted by Gasteiger charge is 2.34. The van der Waals surface area contributed by atoms with E-state index in [9.17, 15) is 4.79 Å². The molecule has 1 saturated heterocycles. The van der Waals surface area contributed by atoms with Gasteiger partial charge in [0.1, 0.15) is 0 Å². The van der Waals surface area contributed by atoms with Crippen LogP contribution in [0, 0.1) is 5.92 Å². The second-order valence-electron chi connectivity index (χ2n) is 4.06. The summed E-state index contributed by atoms with van der Waals surface area (Å²) in [6.07, 6.45) is 4.20. The second-order valence-corrected chi connectivity index (χ2v) is 5.61. The van der Waals surface area contributed by atoms with Gasteiger partial charge in [0.05, 0.1) is 24.4 Å². The quantitative estimate of drug-likeness (QED) is 0.781. The molecular formula is C10H16O3S. The minimum atomic E-state index is -0.609. The van der Waals surface area contributed by atoms with E-state index in [0.717, 1.165) is 32.5 Å². The molecule has 2 atom stereocenters. The van der Waals surface area contributed by atoms with Gasteiger partial charge >= 0.3 is 5.97 Å². The highest BCUT2D eigenvalue weighted by atomic mass is 32.2. The van der Waals surface area contributed by atoms with Crippen LogP contribution < -0.4 is 0 Å². The van der Waals surface area contributed by atoms with Crippen LogP contribution in [0.5, 0.6) is 0 Å². The number of aliphatic carboxylic acids is 1. The van der Waals surface area contributed by atoms with Crippen LogP contribution in [-0.2, 0) is 9.53 Å². The van der Waals surface area contributed by atoms with Gasteiger partial charge in [-0.1, -0.05) is 12.8 Å². The van der Waals surface area contributed by atoms with Crippen molar-refractivity contribution in [1.29, 1.82) is 0 Å². The maximum Gasteiger partial charge on any atom is 0.307 e. The summed E-state index contributed by atoms with van der Waals surface area (Å²) in [7, 11) is 0. The van der Waals surface area contributed by atoms with Gasteiger partial charge in [0.25, 0.3) is 0 Å². The van der Waals surface area contributed by atoms with Crippen molar-refractivity contribution in [2.75, 3.05) is 13.2 Å². The fourth-order valence-electron chi connectivity index (χ4n) is 2.08. The minimum Gasteiger partial charge on any atom is -0.481 e. The van der Waals surface area contributed by atoms with E-state index in [4.69, 9.17) is 9.84 Å². The van der Waals surface area contributed by atoms with Gasteiger partial charge in [0.2, 0.25) is 0 Å². The molecule has 2 unspecified atom stereocenters. The Morgan fingerprint density at radius 1 is 1.29 bits per heavy atom. The fourth-order valence-corrected chi connectivity index (χ4v) is 3.67. The molecule has 0 aromatic rings. The van der Waals surface area contributed by atoms with Crippen LogP contribution in [0.1, 0.15) is 25.7 Å². The Labute approximate surface area is 88.2 Å². The molecule has 1 aliphatic carbocycles. The van der Waals surface area contributed by atoms with Gasteiger partial charge in [-0.2, -0.15) is 0 Å². The SMILES string of the molecule is O=C(O)C1CCCCC1SC1COC1. The summed E-state index contributed by atoms with van der Waals surface area (Å²) in [5.41, 5.74) is 0. The molecule has 0 amide bonds. The number of thioether (sulfide) groups is 1. The van der Waals surface area contributed by atoms with Crippen molar-refractivity contribution in [3.05, 3.63) is 0 Å². The lowest BCUT2D eigenvalue weighted by atomic mass is 9.89. The second kappa shape index (κ2) is 4.53. The number of hydrogen-bond donors (Lipinski definition) is 1. The molecule has 0 aromatic heterocycles. The van der Waals surface area contributed by atoms with Gasteiger partial charge in [0, 0.05) is 5.25 Å². The lowest BCUT2D eigenvalue weighted by Crippen LogP contribution is -2.37. The normalized spacial score (nSPS) is 33.7. The Balaban J connectivity index is 1.88. The topological polar surface area (TPSA) is 46.5 Å². The first-order valence-corrected chi connectivity index (χ1v) is 6.17. The van der Waals surface area contributed by atoms with Crippen LogP contribution in [0.25, 0.3) is 0 Å². The maximum atomic E-state index is 11.0. The van der Waals surface area contributed by atoms with Crippen molar-refractivity contribution in [3.8, 4) is 0 Å². The lowest BCUT2D eigenvalue weighted by Gasteiger charge is -2.34. The van der Waals surface area contributed by atoms with Crippen LogP contribution in [-0.4, -0.2) is 34.8 Å². The number of carboxylic acid groups (broad SMARTS) is 1. The van der Waals surface area contributed by atoms with Gasteiger partial charge in [-0.15, -0.1) is 11.8 Å². The van der Waals surface area contributed by atoms with Gasteiger partial charge < -0.3 is 9.84 Å². The van der Waals surface area contributed by atoms with Crippen LogP contribution in [0.3, 0.4) is 0 Å². The zero-order chi connectivity index (χ0) is 9.97. The van der Waals surface area contributed by atoms with E-state index in [2.05, 4.69) is 0 Å². The summed E-state index contributed by atoms with van der Waals surface area (Å²) < 4.78 is 5.10. The molecule has 1 saturated carbocycles. The van der Waals surface area contributed by atoms with E-state index in [1.54, 1.807) is 0 Å². The molecule has 0 radical (unpaired) electrons. The molecule has 2 rings (SSSR count). The van der Waals surface area contributed by atoms with Crippen molar-refractivity contribution in [3.63, 3.8) is 0 Å². The Kier molecular flexibility index (Phi) is 3.34. The third-order valence-electron chi connectivity index (χ3n) is 2.99. The molecule has 2 aliphatic rings. The summed E-state index contributed by atoms with van der Waals surface area (Å²) in [6, 6.07) is 0. The van der Waals surface area contributed by atoms with E-state index in [1.165, 1.54) is 6.42 Å². The molecule has 2 fully saturated rings. The van der Waals surface area contributed by atoms with Gasteiger partial charge in [-0.05, 0) is 12.8 Å². The van der Waals surface area contributed by atoms with E-state index < -0.39 is 5.97 Å². The largest absolute Gasteiger partial charge is 0.481 e. The maximum absolute atomic E-state index is 11.0. The Morgan fingerprint density at radius 2 is 2.00 bits per heavy atom. The molecule has 80 valence electrons. The molecule has 14 heavy (non-hydrogen) atoms. The van der Waals surface area contributed by atoms with Gasteiger partial charge in [0.15, 0.2) is 0 Å². The lowest BCUT2D eigenvalue weighted by molar-refractivity contribution is -0.142. The summed E-state index contributed by atoms with van der Waals surface area (Å²) >= 11 is 1.84. The van der Waals surface area contributed by atoms with Gasteiger partial charge in [-0.3, -0.25) is 4.79 Å².